The fraction of sp³-hybridized carbons (Fsp3) is 0.500. The summed E-state index contributed by atoms with van der Waals surface area (Å²) >= 11 is 0. The van der Waals surface area contributed by atoms with Crippen molar-refractivity contribution in [3.05, 3.63) is 46.0 Å². The van der Waals surface area contributed by atoms with Crippen LogP contribution in [-0.4, -0.2) is 0 Å². The fourth-order valence-electron chi connectivity index (χ4n) is 3.11. The smallest absolute Gasteiger partial charge is 0.0129 e. The van der Waals surface area contributed by atoms with E-state index in [1.165, 1.54) is 38.6 Å². The van der Waals surface area contributed by atoms with Gasteiger partial charge in [0.2, 0.25) is 0 Å². The molecule has 2 aromatic carbocycles. The molecule has 0 nitrogen and oxygen atoms in total. The topological polar surface area (TPSA) is 0 Å². The normalized spacial score (nSPS) is 12.4. The molecule has 2 rings (SSSR count). The first-order valence-electron chi connectivity index (χ1n) is 7.68. The third-order valence-electron chi connectivity index (χ3n) is 4.48. The average molecular weight is 268 g/mol. The molecular weight excluding hydrogens is 240 g/mol. The molecule has 20 heavy (non-hydrogen) atoms. The Morgan fingerprint density at radius 3 is 1.75 bits per heavy atom. The second-order valence-electron chi connectivity index (χ2n) is 7.53. The van der Waals surface area contributed by atoms with Gasteiger partial charge in [0, 0.05) is 0 Å². The molecule has 0 aliphatic heterocycles. The Morgan fingerprint density at radius 2 is 1.30 bits per heavy atom. The molecule has 0 saturated heterocycles. The van der Waals surface area contributed by atoms with Gasteiger partial charge in [-0.05, 0) is 70.7 Å². The molecule has 0 heterocycles. The van der Waals surface area contributed by atoms with E-state index >= 15 is 0 Å². The lowest BCUT2D eigenvalue weighted by molar-refractivity contribution is 0.585. The van der Waals surface area contributed by atoms with Crippen molar-refractivity contribution >= 4 is 10.8 Å². The predicted octanol–water partition coefficient (Wildman–Crippen LogP) is 6.19. The van der Waals surface area contributed by atoms with Crippen molar-refractivity contribution in [3.8, 4) is 0 Å². The summed E-state index contributed by atoms with van der Waals surface area (Å²) in [7, 11) is 0. The number of fused-ring (bicyclic) bond motifs is 1. The van der Waals surface area contributed by atoms with Crippen LogP contribution in [0.2, 0.25) is 0 Å². The largest absolute Gasteiger partial charge is 0.0587 e. The van der Waals surface area contributed by atoms with Crippen LogP contribution < -0.4 is 0 Å². The van der Waals surface area contributed by atoms with Gasteiger partial charge in [-0.3, -0.25) is 0 Å². The lowest BCUT2D eigenvalue weighted by Gasteiger charge is -2.26. The van der Waals surface area contributed by atoms with E-state index in [2.05, 4.69) is 73.6 Å². The molecule has 0 unspecified atom stereocenters. The van der Waals surface area contributed by atoms with Crippen molar-refractivity contribution in [2.45, 2.75) is 66.7 Å². The van der Waals surface area contributed by atoms with Crippen LogP contribution in [0.4, 0.5) is 0 Å². The molecule has 0 spiro atoms. The van der Waals surface area contributed by atoms with Crippen LogP contribution in [0.3, 0.4) is 0 Å². The quantitative estimate of drug-likeness (QED) is 0.579. The fourth-order valence-corrected chi connectivity index (χ4v) is 3.11. The summed E-state index contributed by atoms with van der Waals surface area (Å²) < 4.78 is 0. The molecule has 0 saturated carbocycles. The van der Waals surface area contributed by atoms with Crippen LogP contribution in [0.15, 0.2) is 18.2 Å². The second kappa shape index (κ2) is 4.91. The SMILES string of the molecule is Cc1cc2c(C(C)C)cc(C(C)(C)C)c(C)c2cc1C. The summed E-state index contributed by atoms with van der Waals surface area (Å²) in [5.74, 6) is 0.557. The van der Waals surface area contributed by atoms with E-state index in [1.807, 2.05) is 0 Å². The second-order valence-corrected chi connectivity index (χ2v) is 7.53. The van der Waals surface area contributed by atoms with Crippen LogP contribution in [0.5, 0.6) is 0 Å². The predicted molar refractivity (Wildman–Crippen MR) is 90.9 cm³/mol. The number of aryl methyl sites for hydroxylation is 3. The van der Waals surface area contributed by atoms with Crippen LogP contribution in [-0.2, 0) is 5.41 Å². The van der Waals surface area contributed by atoms with E-state index in [1.54, 1.807) is 0 Å². The number of hydrogen-bond acceptors (Lipinski definition) is 0. The molecule has 0 fully saturated rings. The van der Waals surface area contributed by atoms with Crippen LogP contribution in [0.25, 0.3) is 10.8 Å². The maximum absolute atomic E-state index is 2.44. The molecule has 108 valence electrons. The monoisotopic (exact) mass is 268 g/mol. The van der Waals surface area contributed by atoms with E-state index in [0.29, 0.717) is 5.92 Å². The van der Waals surface area contributed by atoms with Gasteiger partial charge in [0.1, 0.15) is 0 Å². The minimum absolute atomic E-state index is 0.195. The van der Waals surface area contributed by atoms with Crippen molar-refractivity contribution in [1.29, 1.82) is 0 Å². The molecular formula is C20H28. The zero-order valence-corrected chi connectivity index (χ0v) is 14.3. The van der Waals surface area contributed by atoms with Crippen molar-refractivity contribution < 1.29 is 0 Å². The Balaban J connectivity index is 2.95. The molecule has 0 heteroatoms. The molecule has 2 aromatic rings. The van der Waals surface area contributed by atoms with Gasteiger partial charge in [-0.15, -0.1) is 0 Å². The Kier molecular flexibility index (Phi) is 3.71. The molecule has 0 bridgehead atoms. The number of benzene rings is 2. The van der Waals surface area contributed by atoms with Gasteiger partial charge in [0.25, 0.3) is 0 Å². The van der Waals surface area contributed by atoms with E-state index < -0.39 is 0 Å². The Hall–Kier alpha value is -1.30. The van der Waals surface area contributed by atoms with Gasteiger partial charge < -0.3 is 0 Å². The highest BCUT2D eigenvalue weighted by atomic mass is 14.2. The Morgan fingerprint density at radius 1 is 0.800 bits per heavy atom. The first kappa shape index (κ1) is 15.1. The number of hydrogen-bond donors (Lipinski definition) is 0. The highest BCUT2D eigenvalue weighted by Crippen LogP contribution is 2.37. The molecule has 0 amide bonds. The summed E-state index contributed by atoms with van der Waals surface area (Å²) in [4.78, 5) is 0. The third-order valence-corrected chi connectivity index (χ3v) is 4.48. The first-order valence-corrected chi connectivity index (χ1v) is 7.68. The molecule has 0 radical (unpaired) electrons. The van der Waals surface area contributed by atoms with E-state index in [4.69, 9.17) is 0 Å². The van der Waals surface area contributed by atoms with Crippen LogP contribution in [0.1, 0.15) is 68.4 Å². The highest BCUT2D eigenvalue weighted by Gasteiger charge is 2.20. The van der Waals surface area contributed by atoms with Crippen molar-refractivity contribution in [1.82, 2.24) is 0 Å². The minimum atomic E-state index is 0.195. The summed E-state index contributed by atoms with van der Waals surface area (Å²) in [5.41, 5.74) is 7.39. The van der Waals surface area contributed by atoms with Gasteiger partial charge in [-0.1, -0.05) is 52.8 Å². The van der Waals surface area contributed by atoms with E-state index in [9.17, 15) is 0 Å². The molecule has 0 aliphatic carbocycles. The molecule has 0 aromatic heterocycles. The Bertz CT molecular complexity index is 652. The van der Waals surface area contributed by atoms with Gasteiger partial charge in [-0.2, -0.15) is 0 Å². The molecule has 0 atom stereocenters. The zero-order chi connectivity index (χ0) is 15.2. The lowest BCUT2D eigenvalue weighted by atomic mass is 9.79. The Labute approximate surface area is 124 Å². The van der Waals surface area contributed by atoms with Crippen molar-refractivity contribution in [2.75, 3.05) is 0 Å². The van der Waals surface area contributed by atoms with Crippen LogP contribution in [0, 0.1) is 20.8 Å². The molecule has 0 N–H and O–H groups in total. The van der Waals surface area contributed by atoms with Gasteiger partial charge in [-0.25, -0.2) is 0 Å². The summed E-state index contributed by atoms with van der Waals surface area (Å²) in [6.45, 7) is 18.2. The third kappa shape index (κ3) is 2.49. The highest BCUT2D eigenvalue weighted by molar-refractivity contribution is 5.91. The lowest BCUT2D eigenvalue weighted by Crippen LogP contribution is -2.14. The van der Waals surface area contributed by atoms with Gasteiger partial charge in [0.15, 0.2) is 0 Å². The van der Waals surface area contributed by atoms with Crippen molar-refractivity contribution in [3.63, 3.8) is 0 Å². The maximum atomic E-state index is 2.44. The average Bonchev–Trinajstić information content (AvgIpc) is 2.30. The minimum Gasteiger partial charge on any atom is -0.0587 e. The van der Waals surface area contributed by atoms with E-state index in [0.717, 1.165) is 0 Å². The summed E-state index contributed by atoms with van der Waals surface area (Å²) in [5, 5.41) is 2.87. The van der Waals surface area contributed by atoms with Gasteiger partial charge in [0.05, 0.1) is 0 Å². The maximum Gasteiger partial charge on any atom is -0.0129 e. The van der Waals surface area contributed by atoms with Crippen LogP contribution >= 0.6 is 0 Å². The van der Waals surface area contributed by atoms with Crippen molar-refractivity contribution in [2.24, 2.45) is 0 Å². The van der Waals surface area contributed by atoms with Gasteiger partial charge >= 0.3 is 0 Å². The molecule has 0 aliphatic rings. The summed E-state index contributed by atoms with van der Waals surface area (Å²) in [6.07, 6.45) is 0. The summed E-state index contributed by atoms with van der Waals surface area (Å²) in [6, 6.07) is 7.19. The number of rotatable bonds is 1. The standard InChI is InChI=1S/C20H28/c1-12(2)16-11-19(20(6,7)8)15(5)17-9-13(3)14(4)10-18(16)17/h9-12H,1-8H3. The zero-order valence-electron chi connectivity index (χ0n) is 14.3. The first-order chi connectivity index (χ1) is 9.12. The van der Waals surface area contributed by atoms with E-state index in [-0.39, 0.29) is 5.41 Å².